The predicted molar refractivity (Wildman–Crippen MR) is 133 cm³/mol. The molecule has 0 unspecified atom stereocenters. The summed E-state index contributed by atoms with van der Waals surface area (Å²) in [5.41, 5.74) is 1.71. The van der Waals surface area contributed by atoms with Crippen molar-refractivity contribution in [3.8, 4) is 0 Å². The van der Waals surface area contributed by atoms with Gasteiger partial charge in [-0.15, -0.1) is 0 Å². The van der Waals surface area contributed by atoms with Crippen molar-refractivity contribution in [1.29, 1.82) is 0 Å². The van der Waals surface area contributed by atoms with Crippen LogP contribution in [0.3, 0.4) is 0 Å². The monoisotopic (exact) mass is 482 g/mol. The number of amides is 3. The zero-order chi connectivity index (χ0) is 24.9. The molecule has 1 aromatic rings. The van der Waals surface area contributed by atoms with E-state index < -0.39 is 31.7 Å². The van der Waals surface area contributed by atoms with Crippen LogP contribution < -0.4 is 10.6 Å². The Balaban J connectivity index is 1.50. The number of hydrogen-bond acceptors (Lipinski definition) is 4. The third-order valence-electron chi connectivity index (χ3n) is 7.98. The SMILES string of the molecule is CC1(C)C2=C(CN1C(=O)N[C@H](C(=O)O)c1ccccc1)C(NC(=O)C1([Si](C)(C)C)CCC1)=NC2. The fraction of sp³-hybridized carbons (Fsp3) is 0.520. The van der Waals surface area contributed by atoms with Crippen LogP contribution >= 0.6 is 0 Å². The van der Waals surface area contributed by atoms with E-state index in [9.17, 15) is 19.5 Å². The van der Waals surface area contributed by atoms with Gasteiger partial charge in [-0.05, 0) is 37.8 Å². The summed E-state index contributed by atoms with van der Waals surface area (Å²) in [6.07, 6.45) is 2.92. The molecule has 34 heavy (non-hydrogen) atoms. The molecular weight excluding hydrogens is 448 g/mol. The van der Waals surface area contributed by atoms with E-state index in [0.29, 0.717) is 17.9 Å². The summed E-state index contributed by atoms with van der Waals surface area (Å²) >= 11 is 0. The number of rotatable bonds is 5. The number of amidine groups is 1. The highest BCUT2D eigenvalue weighted by atomic mass is 28.3. The van der Waals surface area contributed by atoms with Gasteiger partial charge in [0.1, 0.15) is 5.84 Å². The molecule has 182 valence electrons. The molecule has 9 heteroatoms. The molecule has 3 aliphatic rings. The van der Waals surface area contributed by atoms with Crippen LogP contribution in [0.25, 0.3) is 0 Å². The number of carboxylic acid groups (broad SMARTS) is 1. The molecule has 8 nitrogen and oxygen atoms in total. The first-order valence-corrected chi connectivity index (χ1v) is 15.3. The van der Waals surface area contributed by atoms with Crippen molar-refractivity contribution in [3.63, 3.8) is 0 Å². The number of carbonyl (C=O) groups excluding carboxylic acids is 2. The molecule has 1 aliphatic carbocycles. The number of hydrogen-bond donors (Lipinski definition) is 3. The maximum absolute atomic E-state index is 13.4. The van der Waals surface area contributed by atoms with Gasteiger partial charge in [0.15, 0.2) is 6.04 Å². The van der Waals surface area contributed by atoms with Gasteiger partial charge in [0.25, 0.3) is 0 Å². The number of carboxylic acids is 1. The van der Waals surface area contributed by atoms with Crippen LogP contribution in [-0.4, -0.2) is 60.5 Å². The van der Waals surface area contributed by atoms with E-state index in [1.165, 1.54) is 0 Å². The smallest absolute Gasteiger partial charge is 0.330 e. The standard InChI is InChI=1S/C25H34N4O4Si/c1-24(2)18-14-26-20(28-22(32)25(12-9-13-25)34(3,4)5)17(18)15-29(24)23(33)27-19(21(30)31)16-10-7-6-8-11-16/h6-8,10-11,19H,9,12-15H2,1-5H3,(H,27,33)(H,30,31)(H,26,28,32)/t19-/m0/s1. The van der Waals surface area contributed by atoms with E-state index in [1.807, 2.05) is 13.8 Å². The van der Waals surface area contributed by atoms with E-state index >= 15 is 0 Å². The predicted octanol–water partition coefficient (Wildman–Crippen LogP) is 3.70. The summed E-state index contributed by atoms with van der Waals surface area (Å²) in [4.78, 5) is 44.7. The van der Waals surface area contributed by atoms with Gasteiger partial charge in [0, 0.05) is 10.6 Å². The Hall–Kier alpha value is -2.94. The van der Waals surface area contributed by atoms with Crippen molar-refractivity contribution in [2.45, 2.75) is 69.4 Å². The fourth-order valence-corrected chi connectivity index (χ4v) is 7.99. The number of nitrogens with zero attached hydrogens (tertiary/aromatic N) is 2. The first-order chi connectivity index (χ1) is 15.9. The number of urea groups is 1. The Morgan fingerprint density at radius 3 is 2.29 bits per heavy atom. The molecular formula is C25H34N4O4Si. The molecule has 1 saturated carbocycles. The molecule has 0 bridgehead atoms. The lowest BCUT2D eigenvalue weighted by Crippen LogP contribution is -2.55. The third-order valence-corrected chi connectivity index (χ3v) is 11.6. The molecule has 1 fully saturated rings. The van der Waals surface area contributed by atoms with E-state index in [4.69, 9.17) is 0 Å². The Morgan fingerprint density at radius 1 is 1.12 bits per heavy atom. The van der Waals surface area contributed by atoms with Crippen molar-refractivity contribution in [2.75, 3.05) is 13.1 Å². The van der Waals surface area contributed by atoms with Gasteiger partial charge in [0.2, 0.25) is 5.91 Å². The number of aliphatic carboxylic acids is 1. The molecule has 3 N–H and O–H groups in total. The van der Waals surface area contributed by atoms with Crippen molar-refractivity contribution in [2.24, 2.45) is 4.99 Å². The summed E-state index contributed by atoms with van der Waals surface area (Å²) < 4.78 is 0. The summed E-state index contributed by atoms with van der Waals surface area (Å²) in [5, 5.41) is 15.2. The zero-order valence-corrected chi connectivity index (χ0v) is 21.6. The van der Waals surface area contributed by atoms with Crippen LogP contribution in [0.5, 0.6) is 0 Å². The van der Waals surface area contributed by atoms with Crippen LogP contribution in [-0.2, 0) is 9.59 Å². The lowest BCUT2D eigenvalue weighted by Gasteiger charge is -2.49. The Morgan fingerprint density at radius 2 is 1.76 bits per heavy atom. The molecule has 1 atom stereocenters. The topological polar surface area (TPSA) is 111 Å². The van der Waals surface area contributed by atoms with Crippen LogP contribution in [0.15, 0.2) is 46.5 Å². The summed E-state index contributed by atoms with van der Waals surface area (Å²) in [7, 11) is -1.73. The minimum atomic E-state index is -1.73. The second-order valence-corrected chi connectivity index (χ2v) is 16.5. The molecule has 2 aliphatic heterocycles. The van der Waals surface area contributed by atoms with Crippen molar-refractivity contribution >= 4 is 31.8 Å². The van der Waals surface area contributed by atoms with Gasteiger partial charge in [-0.1, -0.05) is 56.4 Å². The Bertz CT molecular complexity index is 1080. The van der Waals surface area contributed by atoms with Crippen LogP contribution in [0.2, 0.25) is 24.7 Å². The average Bonchev–Trinajstić information content (AvgIpc) is 3.22. The molecule has 0 spiro atoms. The van der Waals surface area contributed by atoms with Gasteiger partial charge >= 0.3 is 12.0 Å². The lowest BCUT2D eigenvalue weighted by atomic mass is 9.83. The van der Waals surface area contributed by atoms with Gasteiger partial charge in [-0.3, -0.25) is 9.79 Å². The molecule has 3 amide bonds. The fourth-order valence-electron chi connectivity index (χ4n) is 5.39. The quantitative estimate of drug-likeness (QED) is 0.556. The van der Waals surface area contributed by atoms with Crippen molar-refractivity contribution < 1.29 is 19.5 Å². The highest BCUT2D eigenvalue weighted by molar-refractivity contribution is 6.82. The molecule has 0 saturated heterocycles. The Kier molecular flexibility index (Phi) is 5.96. The third kappa shape index (κ3) is 3.85. The van der Waals surface area contributed by atoms with Crippen LogP contribution in [0, 0.1) is 0 Å². The molecule has 4 rings (SSSR count). The van der Waals surface area contributed by atoms with Gasteiger partial charge in [0.05, 0.1) is 26.7 Å². The van der Waals surface area contributed by atoms with Crippen LogP contribution in [0.4, 0.5) is 4.79 Å². The van der Waals surface area contributed by atoms with Gasteiger partial charge in [-0.2, -0.15) is 0 Å². The second kappa shape index (κ2) is 8.37. The minimum Gasteiger partial charge on any atom is -0.479 e. The Labute approximate surface area is 201 Å². The van der Waals surface area contributed by atoms with E-state index in [1.54, 1.807) is 35.2 Å². The minimum absolute atomic E-state index is 0.0566. The highest BCUT2D eigenvalue weighted by Crippen LogP contribution is 2.55. The maximum atomic E-state index is 13.4. The van der Waals surface area contributed by atoms with E-state index in [0.717, 1.165) is 30.4 Å². The second-order valence-electron chi connectivity index (χ2n) is 11.0. The molecule has 2 heterocycles. The van der Waals surface area contributed by atoms with Crippen molar-refractivity contribution in [3.05, 3.63) is 47.0 Å². The summed E-state index contributed by atoms with van der Waals surface area (Å²) in [6, 6.07) is 7.04. The number of carbonyl (C=O) groups is 3. The zero-order valence-electron chi connectivity index (χ0n) is 20.6. The summed E-state index contributed by atoms with van der Waals surface area (Å²) in [5.74, 6) is -0.504. The molecule has 0 radical (unpaired) electrons. The normalized spacial score (nSPS) is 21.3. The number of benzene rings is 1. The highest BCUT2D eigenvalue weighted by Gasteiger charge is 2.54. The van der Waals surface area contributed by atoms with Crippen molar-refractivity contribution in [1.82, 2.24) is 15.5 Å². The molecule has 1 aromatic carbocycles. The van der Waals surface area contributed by atoms with E-state index in [2.05, 4.69) is 35.3 Å². The number of aliphatic imine (C=N–C) groups is 1. The lowest BCUT2D eigenvalue weighted by molar-refractivity contribution is -0.139. The number of nitrogens with one attached hydrogen (secondary N) is 2. The summed E-state index contributed by atoms with van der Waals surface area (Å²) in [6.45, 7) is 11.3. The van der Waals surface area contributed by atoms with Crippen LogP contribution in [0.1, 0.15) is 44.7 Å². The molecule has 0 aromatic heterocycles. The maximum Gasteiger partial charge on any atom is 0.330 e. The first-order valence-electron chi connectivity index (χ1n) is 11.8. The first kappa shape index (κ1) is 24.2. The van der Waals surface area contributed by atoms with E-state index in [-0.39, 0.29) is 17.5 Å². The average molecular weight is 483 g/mol. The van der Waals surface area contributed by atoms with Gasteiger partial charge in [-0.25, -0.2) is 9.59 Å². The van der Waals surface area contributed by atoms with Gasteiger partial charge < -0.3 is 20.6 Å². The largest absolute Gasteiger partial charge is 0.479 e.